The Kier molecular flexibility index (Phi) is 20.8. The normalized spacial score (nSPS) is 50.4. The van der Waals surface area contributed by atoms with E-state index in [1.54, 1.807) is 26.8 Å². The summed E-state index contributed by atoms with van der Waals surface area (Å²) in [5.74, 6) is -4.64. The number of carbonyl (C=O) groups is 3. The van der Waals surface area contributed by atoms with E-state index in [1.165, 1.54) is 6.92 Å². The van der Waals surface area contributed by atoms with Crippen LogP contribution >= 0.6 is 0 Å². The fraction of sp³-hybridized carbons (Fsp3) is 0.889. The largest absolute Gasteiger partial charge is 0.479 e. The van der Waals surface area contributed by atoms with Crippen molar-refractivity contribution in [3.8, 4) is 0 Å². The lowest BCUT2D eigenvalue weighted by molar-refractivity contribution is -0.401. The molecule has 0 aromatic heterocycles. The molecule has 1 unspecified atom stereocenters. The Balaban J connectivity index is 1.05. The van der Waals surface area contributed by atoms with E-state index in [0.29, 0.717) is 37.7 Å². The van der Waals surface area contributed by atoms with Crippen LogP contribution in [0.25, 0.3) is 0 Å². The number of rotatable bonds is 16. The van der Waals surface area contributed by atoms with Gasteiger partial charge in [0.25, 0.3) is 0 Å². The number of aliphatic carboxylic acids is 1. The number of aliphatic hydroxyl groups excluding tert-OH is 13. The van der Waals surface area contributed by atoms with Crippen LogP contribution in [-0.4, -0.2) is 256 Å². The maximum Gasteiger partial charge on any atom is 0.335 e. The predicted octanol–water partition coefficient (Wildman–Crippen LogP) is -0.806. The van der Waals surface area contributed by atoms with Gasteiger partial charge in [-0.3, -0.25) is 4.79 Å². The van der Waals surface area contributed by atoms with Gasteiger partial charge in [0.05, 0.1) is 55.6 Å². The van der Waals surface area contributed by atoms with Crippen LogP contribution in [0.1, 0.15) is 128 Å². The smallest absolute Gasteiger partial charge is 0.335 e. The first-order valence-electron chi connectivity index (χ1n) is 31.9. The topological polar surface area (TPSA) is 427 Å². The van der Waals surface area contributed by atoms with Gasteiger partial charge in [-0.25, -0.2) is 9.59 Å². The fourth-order valence-corrected chi connectivity index (χ4v) is 17.6. The SMILES string of the molecule is C/C=C(/C)C(=O)O[C@H]1[C@H](OC(=O)C(C)CC)[C@]2(CO)[C@H](O)[C@H](O)[C@]3(C)C(=CC[C@@H]4[C@@]5(C)CC[C@H](O[C@@H]6O[C@H](C(=O)O)[C@@H](O)[C@H](O[C@@H]7OC[C@H](O)[C@H](O)[C@H]7O[C@@H]7O[C@@H](C)[C@@H](O)[C@H](O)[C@H]7O)[C@H]6O[C@@H]6O[C@H](CO)[C@H](O)[C@H](O)[C@H]6O)C(C)(C)[C@@H]5CC[C@]43C)[C@@H]2CC1(C)C. The summed E-state index contributed by atoms with van der Waals surface area (Å²) in [4.78, 5) is 40.9. The molecule has 0 amide bonds. The first kappa shape index (κ1) is 71.3. The lowest BCUT2D eigenvalue weighted by atomic mass is 9.32. The van der Waals surface area contributed by atoms with Gasteiger partial charge in [0.15, 0.2) is 37.4 Å². The third-order valence-corrected chi connectivity index (χ3v) is 23.7. The Morgan fingerprint density at radius 2 is 1.31 bits per heavy atom. The van der Waals surface area contributed by atoms with Crippen molar-refractivity contribution in [2.75, 3.05) is 19.8 Å². The van der Waals surface area contributed by atoms with Gasteiger partial charge in [-0.2, -0.15) is 0 Å². The lowest BCUT2D eigenvalue weighted by Gasteiger charge is -2.73. The maximum atomic E-state index is 14.0. The van der Waals surface area contributed by atoms with Crippen LogP contribution in [0.4, 0.5) is 0 Å². The first-order valence-corrected chi connectivity index (χ1v) is 31.9. The second-order valence-corrected chi connectivity index (χ2v) is 29.2. The molecular formula is C63H100O27. The first-order chi connectivity index (χ1) is 42.0. The molecule has 27 heteroatoms. The summed E-state index contributed by atoms with van der Waals surface area (Å²) >= 11 is 0. The summed E-state index contributed by atoms with van der Waals surface area (Å²) in [6, 6.07) is 0. The quantitative estimate of drug-likeness (QED) is 0.0389. The molecule has 514 valence electrons. The second kappa shape index (κ2) is 26.2. The van der Waals surface area contributed by atoms with Crippen LogP contribution in [0.5, 0.6) is 0 Å². The van der Waals surface area contributed by atoms with Gasteiger partial charge >= 0.3 is 17.9 Å². The Morgan fingerprint density at radius 1 is 0.689 bits per heavy atom. The minimum atomic E-state index is -2.24. The highest BCUT2D eigenvalue weighted by Crippen LogP contribution is 2.76. The van der Waals surface area contributed by atoms with Gasteiger partial charge < -0.3 is 119 Å². The van der Waals surface area contributed by atoms with Gasteiger partial charge in [-0.15, -0.1) is 0 Å². The van der Waals surface area contributed by atoms with E-state index in [9.17, 15) is 85.9 Å². The molecule has 4 saturated carbocycles. The molecule has 0 aromatic carbocycles. The molecule has 8 fully saturated rings. The molecule has 0 bridgehead atoms. The highest BCUT2D eigenvalue weighted by Gasteiger charge is 2.77. The molecule has 14 N–H and O–H groups in total. The number of hydrogen-bond acceptors (Lipinski definition) is 26. The zero-order chi connectivity index (χ0) is 66.6. The van der Waals surface area contributed by atoms with E-state index >= 15 is 0 Å². The summed E-state index contributed by atoms with van der Waals surface area (Å²) in [6.07, 6.45) is -35.3. The molecule has 32 atom stereocenters. The minimum Gasteiger partial charge on any atom is -0.479 e. The number of esters is 2. The zero-order valence-electron chi connectivity index (χ0n) is 53.5. The molecule has 90 heavy (non-hydrogen) atoms. The number of hydrogen-bond donors (Lipinski definition) is 14. The number of allylic oxidation sites excluding steroid dienone is 2. The number of carboxylic acids is 1. The van der Waals surface area contributed by atoms with E-state index < -0.39 is 229 Å². The average molecular weight is 1290 g/mol. The molecule has 9 aliphatic rings. The summed E-state index contributed by atoms with van der Waals surface area (Å²) in [5.41, 5.74) is -4.86. The molecule has 27 nitrogen and oxygen atoms in total. The van der Waals surface area contributed by atoms with Crippen molar-refractivity contribution in [3.63, 3.8) is 0 Å². The minimum absolute atomic E-state index is 0.192. The Bertz CT molecular complexity index is 2640. The van der Waals surface area contributed by atoms with Crippen LogP contribution in [0.15, 0.2) is 23.3 Å². The van der Waals surface area contributed by atoms with Gasteiger partial charge in [-0.05, 0) is 99.7 Å². The highest BCUT2D eigenvalue weighted by atomic mass is 16.8. The van der Waals surface area contributed by atoms with E-state index in [-0.39, 0.29) is 24.7 Å². The Hall–Kier alpha value is -2.95. The van der Waals surface area contributed by atoms with E-state index in [1.807, 2.05) is 41.5 Å². The third-order valence-electron chi connectivity index (χ3n) is 23.7. The van der Waals surface area contributed by atoms with Gasteiger partial charge in [0.2, 0.25) is 0 Å². The Morgan fingerprint density at radius 3 is 1.92 bits per heavy atom. The summed E-state index contributed by atoms with van der Waals surface area (Å²) in [6.45, 7) is 20.1. The molecule has 0 aromatic rings. The van der Waals surface area contributed by atoms with Crippen LogP contribution in [0.2, 0.25) is 0 Å². The van der Waals surface area contributed by atoms with Crippen LogP contribution < -0.4 is 0 Å². The van der Waals surface area contributed by atoms with Crippen molar-refractivity contribution < 1.29 is 133 Å². The van der Waals surface area contributed by atoms with Crippen LogP contribution in [0.3, 0.4) is 0 Å². The van der Waals surface area contributed by atoms with E-state index in [2.05, 4.69) is 19.9 Å². The molecule has 0 spiro atoms. The third kappa shape index (κ3) is 11.6. The standard InChI is InChI=1S/C63H100O27/c1-13-25(3)52(79)89-49-50(90-53(80)26(4)14-2)63(24-65)29(21-58(49,6)7)28-15-16-33-60(10)19-18-34(59(8,9)32(60)17-20-61(33,11)62(28,12)47(75)48(63)76)84-57-46(88-55-41(73)39(71)37(69)31(22-64)83-55)43(42(74)44(86-57)51(77)78)85-56-45(36(68)30(66)23-81-56)87-54-40(72)38(70)35(67)27(5)82-54/h13,15,26-27,29-50,54-57,64-76H,14,16-24H2,1-12H3,(H,77,78)/b25-13-/t26?,27-,29-,30-,31+,32-,33+,34-,35+,36-,37-,38-,39-,40+,41+,42-,43-,44-,45+,46+,47-,48+,49-,50-,54-,55-,56-,57+,60-,61+,62-,63-/m0/s1. The molecule has 4 aliphatic heterocycles. The van der Waals surface area contributed by atoms with Gasteiger partial charge in [0, 0.05) is 16.4 Å². The fourth-order valence-electron chi connectivity index (χ4n) is 17.6. The monoisotopic (exact) mass is 1290 g/mol. The molecule has 5 aliphatic carbocycles. The van der Waals surface area contributed by atoms with Crippen LogP contribution in [-0.2, 0) is 61.8 Å². The van der Waals surface area contributed by atoms with Gasteiger partial charge in [-0.1, -0.05) is 80.0 Å². The van der Waals surface area contributed by atoms with E-state index in [0.717, 1.165) is 5.57 Å². The van der Waals surface area contributed by atoms with Crippen molar-refractivity contribution >= 4 is 17.9 Å². The van der Waals surface area contributed by atoms with Crippen molar-refractivity contribution in [1.29, 1.82) is 0 Å². The summed E-state index contributed by atoms with van der Waals surface area (Å²) in [7, 11) is 0. The van der Waals surface area contributed by atoms with Gasteiger partial charge in [0.1, 0.15) is 85.5 Å². The van der Waals surface area contributed by atoms with E-state index in [4.69, 9.17) is 47.4 Å². The number of carboxylic acid groups (broad SMARTS) is 1. The number of ether oxygens (including phenoxy) is 10. The lowest BCUT2D eigenvalue weighted by Crippen LogP contribution is -2.76. The summed E-state index contributed by atoms with van der Waals surface area (Å²) in [5, 5.41) is 158. The zero-order valence-corrected chi connectivity index (χ0v) is 53.5. The number of fused-ring (bicyclic) bond motifs is 7. The highest BCUT2D eigenvalue weighted by molar-refractivity contribution is 5.88. The Labute approximate surface area is 524 Å². The average Bonchev–Trinajstić information content (AvgIpc) is 0.663. The van der Waals surface area contributed by atoms with Crippen molar-refractivity contribution in [3.05, 3.63) is 23.3 Å². The molecule has 9 rings (SSSR count). The maximum absolute atomic E-state index is 14.0. The molecule has 4 heterocycles. The van der Waals surface area contributed by atoms with Crippen LogP contribution in [0, 0.1) is 56.2 Å². The second-order valence-electron chi connectivity index (χ2n) is 29.2. The summed E-state index contributed by atoms with van der Waals surface area (Å²) < 4.78 is 61.7. The molecule has 0 radical (unpaired) electrons. The van der Waals surface area contributed by atoms with Crippen molar-refractivity contribution in [2.24, 2.45) is 56.2 Å². The predicted molar refractivity (Wildman–Crippen MR) is 308 cm³/mol. The van der Waals surface area contributed by atoms with Crippen molar-refractivity contribution in [1.82, 2.24) is 0 Å². The number of carbonyl (C=O) groups excluding carboxylic acids is 2. The van der Waals surface area contributed by atoms with Crippen molar-refractivity contribution in [2.45, 2.75) is 275 Å². The molecular weight excluding hydrogens is 1190 g/mol. The number of aliphatic hydroxyl groups is 13. The molecule has 4 saturated heterocycles.